The summed E-state index contributed by atoms with van der Waals surface area (Å²) in [5.41, 5.74) is 3.47. The molecular weight excluding hydrogens is 370 g/mol. The molecule has 1 N–H and O–H groups in total. The van der Waals surface area contributed by atoms with E-state index in [1.54, 1.807) is 31.4 Å². The van der Waals surface area contributed by atoms with Gasteiger partial charge in [-0.2, -0.15) is 9.78 Å². The van der Waals surface area contributed by atoms with Gasteiger partial charge in [-0.15, -0.1) is 0 Å². The van der Waals surface area contributed by atoms with Crippen LogP contribution in [0.15, 0.2) is 30.3 Å². The van der Waals surface area contributed by atoms with Crippen LogP contribution in [-0.4, -0.2) is 38.5 Å². The molecule has 29 heavy (non-hydrogen) atoms. The standard InChI is InChI=1S/C21H21N5O3/c1-11-9-12(2)23-21(22-11)26-20-18(13(3)25-26)16(10-17(27)24-20)19(28)14-5-7-15(29-4)8-6-14/h5-9,16H,10H2,1-4H3,(H,24,27). The summed E-state index contributed by atoms with van der Waals surface area (Å²) >= 11 is 0. The minimum atomic E-state index is -0.619. The summed E-state index contributed by atoms with van der Waals surface area (Å²) in [4.78, 5) is 34.5. The Morgan fingerprint density at radius 1 is 1.14 bits per heavy atom. The van der Waals surface area contributed by atoms with Crippen molar-refractivity contribution >= 4 is 17.5 Å². The molecule has 1 amide bonds. The second-order valence-electron chi connectivity index (χ2n) is 7.11. The molecule has 0 radical (unpaired) electrons. The highest BCUT2D eigenvalue weighted by molar-refractivity contribution is 6.08. The van der Waals surface area contributed by atoms with Crippen LogP contribution < -0.4 is 10.1 Å². The summed E-state index contributed by atoms with van der Waals surface area (Å²) in [6.45, 7) is 5.56. The fourth-order valence-corrected chi connectivity index (χ4v) is 3.67. The van der Waals surface area contributed by atoms with Crippen LogP contribution in [0, 0.1) is 20.8 Å². The number of ether oxygens (including phenoxy) is 1. The van der Waals surface area contributed by atoms with Gasteiger partial charge in [-0.1, -0.05) is 0 Å². The number of anilines is 1. The number of benzene rings is 1. The summed E-state index contributed by atoms with van der Waals surface area (Å²) in [6, 6.07) is 8.74. The molecule has 1 aliphatic rings. The number of methoxy groups -OCH3 is 1. The van der Waals surface area contributed by atoms with Crippen LogP contribution in [0.4, 0.5) is 5.82 Å². The minimum absolute atomic E-state index is 0.0676. The number of rotatable bonds is 4. The second kappa shape index (κ2) is 7.12. The lowest BCUT2D eigenvalue weighted by Crippen LogP contribution is -2.28. The Balaban J connectivity index is 1.80. The molecule has 1 aliphatic heterocycles. The first-order valence-electron chi connectivity index (χ1n) is 9.27. The molecule has 148 valence electrons. The predicted molar refractivity (Wildman–Crippen MR) is 107 cm³/mol. The van der Waals surface area contributed by atoms with Crippen molar-refractivity contribution in [2.24, 2.45) is 0 Å². The zero-order valence-electron chi connectivity index (χ0n) is 16.7. The lowest BCUT2D eigenvalue weighted by molar-refractivity contribution is -0.116. The first kappa shape index (κ1) is 18.8. The van der Waals surface area contributed by atoms with Crippen molar-refractivity contribution in [2.75, 3.05) is 12.4 Å². The van der Waals surface area contributed by atoms with Crippen molar-refractivity contribution in [1.29, 1.82) is 0 Å². The number of carbonyl (C=O) groups is 2. The molecule has 1 atom stereocenters. The van der Waals surface area contributed by atoms with Crippen LogP contribution in [0.25, 0.3) is 5.95 Å². The molecule has 0 saturated heterocycles. The zero-order chi connectivity index (χ0) is 20.7. The number of nitrogens with one attached hydrogen (secondary N) is 1. The number of hydrogen-bond donors (Lipinski definition) is 1. The van der Waals surface area contributed by atoms with E-state index in [0.717, 1.165) is 11.4 Å². The van der Waals surface area contributed by atoms with E-state index in [1.165, 1.54) is 4.68 Å². The molecule has 3 heterocycles. The molecule has 0 spiro atoms. The molecule has 8 heteroatoms. The highest BCUT2D eigenvalue weighted by atomic mass is 16.5. The minimum Gasteiger partial charge on any atom is -0.497 e. The fraction of sp³-hybridized carbons (Fsp3) is 0.286. The first-order chi connectivity index (χ1) is 13.9. The lowest BCUT2D eigenvalue weighted by atomic mass is 9.85. The smallest absolute Gasteiger partial charge is 0.252 e. The predicted octanol–water partition coefficient (Wildman–Crippen LogP) is 2.90. The number of ketones is 1. The fourth-order valence-electron chi connectivity index (χ4n) is 3.67. The van der Waals surface area contributed by atoms with E-state index in [4.69, 9.17) is 4.74 Å². The van der Waals surface area contributed by atoms with Crippen molar-refractivity contribution in [3.8, 4) is 11.7 Å². The van der Waals surface area contributed by atoms with Crippen LogP contribution in [0.1, 0.15) is 45.3 Å². The molecular formula is C21H21N5O3. The van der Waals surface area contributed by atoms with Gasteiger partial charge in [0.15, 0.2) is 5.78 Å². The molecule has 0 aliphatic carbocycles. The largest absolute Gasteiger partial charge is 0.497 e. The SMILES string of the molecule is COc1ccc(C(=O)C2CC(=O)Nc3c2c(C)nn3-c2nc(C)cc(C)n2)cc1. The molecule has 0 fully saturated rings. The van der Waals surface area contributed by atoms with Gasteiger partial charge in [0, 0.05) is 28.9 Å². The Kier molecular flexibility index (Phi) is 4.62. The van der Waals surface area contributed by atoms with Gasteiger partial charge in [0.05, 0.1) is 18.7 Å². The maximum Gasteiger partial charge on any atom is 0.252 e. The zero-order valence-corrected chi connectivity index (χ0v) is 16.7. The van der Waals surface area contributed by atoms with Crippen LogP contribution in [-0.2, 0) is 4.79 Å². The summed E-state index contributed by atoms with van der Waals surface area (Å²) in [6.07, 6.45) is 0.0676. The van der Waals surface area contributed by atoms with Crippen molar-refractivity contribution < 1.29 is 14.3 Å². The van der Waals surface area contributed by atoms with E-state index in [9.17, 15) is 9.59 Å². The first-order valence-corrected chi connectivity index (χ1v) is 9.27. The normalized spacial score (nSPS) is 15.6. The average Bonchev–Trinajstić information content (AvgIpc) is 3.02. The average molecular weight is 391 g/mol. The van der Waals surface area contributed by atoms with Gasteiger partial charge in [-0.05, 0) is 51.1 Å². The highest BCUT2D eigenvalue weighted by Gasteiger charge is 2.36. The van der Waals surface area contributed by atoms with Crippen molar-refractivity contribution in [2.45, 2.75) is 33.1 Å². The third-order valence-corrected chi connectivity index (χ3v) is 4.95. The van der Waals surface area contributed by atoms with Crippen molar-refractivity contribution in [3.05, 3.63) is 58.5 Å². The Labute approximate surface area is 167 Å². The number of fused-ring (bicyclic) bond motifs is 1. The van der Waals surface area contributed by atoms with Gasteiger partial charge in [-0.3, -0.25) is 9.59 Å². The van der Waals surface area contributed by atoms with Crippen molar-refractivity contribution in [1.82, 2.24) is 19.7 Å². The summed E-state index contributed by atoms with van der Waals surface area (Å²) in [5.74, 6) is 0.495. The number of hydrogen-bond acceptors (Lipinski definition) is 6. The van der Waals surface area contributed by atoms with Gasteiger partial charge in [-0.25, -0.2) is 9.97 Å². The molecule has 0 bridgehead atoms. The maximum atomic E-state index is 13.2. The lowest BCUT2D eigenvalue weighted by Gasteiger charge is -2.23. The maximum absolute atomic E-state index is 13.2. The van der Waals surface area contributed by atoms with E-state index in [0.29, 0.717) is 34.3 Å². The summed E-state index contributed by atoms with van der Waals surface area (Å²) < 4.78 is 6.67. The quantitative estimate of drug-likeness (QED) is 0.687. The van der Waals surface area contributed by atoms with Crippen LogP contribution in [0.5, 0.6) is 5.75 Å². The molecule has 1 aromatic carbocycles. The highest BCUT2D eigenvalue weighted by Crippen LogP contribution is 2.38. The number of aromatic nitrogens is 4. The Morgan fingerprint density at radius 3 is 2.41 bits per heavy atom. The molecule has 3 aromatic rings. The third-order valence-electron chi connectivity index (χ3n) is 4.95. The Morgan fingerprint density at radius 2 is 1.79 bits per heavy atom. The topological polar surface area (TPSA) is 99.0 Å². The monoisotopic (exact) mass is 391 g/mol. The molecule has 2 aromatic heterocycles. The summed E-state index contributed by atoms with van der Waals surface area (Å²) in [7, 11) is 1.57. The van der Waals surface area contributed by atoms with E-state index in [1.807, 2.05) is 26.8 Å². The third kappa shape index (κ3) is 3.37. The Hall–Kier alpha value is -3.55. The van der Waals surface area contributed by atoms with E-state index in [-0.39, 0.29) is 18.1 Å². The van der Waals surface area contributed by atoms with Crippen molar-refractivity contribution in [3.63, 3.8) is 0 Å². The van der Waals surface area contributed by atoms with E-state index < -0.39 is 5.92 Å². The second-order valence-corrected chi connectivity index (χ2v) is 7.11. The van der Waals surface area contributed by atoms with Crippen LogP contribution in [0.2, 0.25) is 0 Å². The number of amides is 1. The molecule has 4 rings (SSSR count). The Bertz CT molecular complexity index is 1100. The van der Waals surface area contributed by atoms with E-state index >= 15 is 0 Å². The van der Waals surface area contributed by atoms with Gasteiger partial charge < -0.3 is 10.1 Å². The van der Waals surface area contributed by atoms with Gasteiger partial charge in [0.2, 0.25) is 5.91 Å². The van der Waals surface area contributed by atoms with Gasteiger partial charge in [0.1, 0.15) is 11.6 Å². The number of Topliss-reactive ketones (excluding diaryl/α,β-unsaturated/α-hetero) is 1. The van der Waals surface area contributed by atoms with Crippen LogP contribution >= 0.6 is 0 Å². The van der Waals surface area contributed by atoms with Crippen LogP contribution in [0.3, 0.4) is 0 Å². The number of carbonyl (C=O) groups excluding carboxylic acids is 2. The molecule has 0 saturated carbocycles. The van der Waals surface area contributed by atoms with Gasteiger partial charge in [0.25, 0.3) is 5.95 Å². The van der Waals surface area contributed by atoms with Gasteiger partial charge >= 0.3 is 0 Å². The summed E-state index contributed by atoms with van der Waals surface area (Å²) in [5, 5.41) is 7.39. The number of nitrogens with zero attached hydrogens (tertiary/aromatic N) is 4. The van der Waals surface area contributed by atoms with E-state index in [2.05, 4.69) is 20.4 Å². The molecule has 8 nitrogen and oxygen atoms in total. The number of aryl methyl sites for hydroxylation is 3. The molecule has 1 unspecified atom stereocenters.